The minimum atomic E-state index is 0.962. The zero-order chi connectivity index (χ0) is 11.7. The van der Waals surface area contributed by atoms with Gasteiger partial charge < -0.3 is 9.32 Å². The van der Waals surface area contributed by atoms with Gasteiger partial charge in [0.15, 0.2) is 0 Å². The molecule has 88 valence electrons. The Hall–Kier alpha value is -1.70. The highest BCUT2D eigenvalue weighted by atomic mass is 16.3. The standard InChI is InChI=1S/C15H17NO/c1-12-13(15-8-5-11-17-15)6-4-7-14(12)16-9-2-3-10-16/h4-8,11H,2-3,9-10H2,1H3. The van der Waals surface area contributed by atoms with E-state index in [2.05, 4.69) is 30.0 Å². The normalized spacial score (nSPS) is 15.5. The van der Waals surface area contributed by atoms with Crippen molar-refractivity contribution in [2.45, 2.75) is 19.8 Å². The monoisotopic (exact) mass is 227 g/mol. The van der Waals surface area contributed by atoms with Gasteiger partial charge in [-0.2, -0.15) is 0 Å². The molecule has 1 fully saturated rings. The molecule has 2 nitrogen and oxygen atoms in total. The van der Waals surface area contributed by atoms with E-state index in [1.807, 2.05) is 12.1 Å². The molecule has 1 aromatic heterocycles. The van der Waals surface area contributed by atoms with Crippen molar-refractivity contribution < 1.29 is 4.42 Å². The Morgan fingerprint density at radius 3 is 2.59 bits per heavy atom. The second-order valence-electron chi connectivity index (χ2n) is 4.62. The summed E-state index contributed by atoms with van der Waals surface area (Å²) in [6.45, 7) is 4.55. The summed E-state index contributed by atoms with van der Waals surface area (Å²) in [5.74, 6) is 0.962. The molecule has 2 heteroatoms. The predicted molar refractivity (Wildman–Crippen MR) is 70.3 cm³/mol. The zero-order valence-corrected chi connectivity index (χ0v) is 10.1. The molecule has 1 aromatic carbocycles. The van der Waals surface area contributed by atoms with E-state index in [9.17, 15) is 0 Å². The molecule has 0 saturated carbocycles. The summed E-state index contributed by atoms with van der Waals surface area (Å²) in [4.78, 5) is 2.47. The van der Waals surface area contributed by atoms with Crippen molar-refractivity contribution in [2.24, 2.45) is 0 Å². The maximum absolute atomic E-state index is 5.50. The van der Waals surface area contributed by atoms with Crippen LogP contribution >= 0.6 is 0 Å². The maximum atomic E-state index is 5.50. The Balaban J connectivity index is 2.03. The van der Waals surface area contributed by atoms with Crippen LogP contribution in [0.15, 0.2) is 41.0 Å². The van der Waals surface area contributed by atoms with Gasteiger partial charge in [-0.05, 0) is 43.5 Å². The highest BCUT2D eigenvalue weighted by Gasteiger charge is 2.16. The van der Waals surface area contributed by atoms with Crippen molar-refractivity contribution in [2.75, 3.05) is 18.0 Å². The number of rotatable bonds is 2. The van der Waals surface area contributed by atoms with Crippen molar-refractivity contribution in [1.82, 2.24) is 0 Å². The van der Waals surface area contributed by atoms with Crippen LogP contribution in [0.25, 0.3) is 11.3 Å². The van der Waals surface area contributed by atoms with Crippen molar-refractivity contribution in [1.29, 1.82) is 0 Å². The molecule has 0 N–H and O–H groups in total. The van der Waals surface area contributed by atoms with Crippen LogP contribution in [0.4, 0.5) is 5.69 Å². The summed E-state index contributed by atoms with van der Waals surface area (Å²) in [6, 6.07) is 10.4. The lowest BCUT2D eigenvalue weighted by molar-refractivity contribution is 0.582. The first kappa shape index (κ1) is 10.5. The molecule has 0 bridgehead atoms. The quantitative estimate of drug-likeness (QED) is 0.774. The molecule has 0 amide bonds. The van der Waals surface area contributed by atoms with Crippen molar-refractivity contribution >= 4 is 5.69 Å². The van der Waals surface area contributed by atoms with Crippen LogP contribution in [0.5, 0.6) is 0 Å². The van der Waals surface area contributed by atoms with Crippen LogP contribution in [0.3, 0.4) is 0 Å². The molecule has 0 radical (unpaired) electrons. The number of furan rings is 1. The van der Waals surface area contributed by atoms with E-state index < -0.39 is 0 Å². The van der Waals surface area contributed by atoms with Crippen LogP contribution in [0.2, 0.25) is 0 Å². The van der Waals surface area contributed by atoms with E-state index in [0.29, 0.717) is 0 Å². The fourth-order valence-electron chi connectivity index (χ4n) is 2.62. The molecule has 17 heavy (non-hydrogen) atoms. The van der Waals surface area contributed by atoms with E-state index in [0.717, 1.165) is 5.76 Å². The van der Waals surface area contributed by atoms with Crippen LogP contribution in [-0.2, 0) is 0 Å². The Morgan fingerprint density at radius 2 is 1.88 bits per heavy atom. The molecular formula is C15H17NO. The van der Waals surface area contributed by atoms with Gasteiger partial charge in [0, 0.05) is 24.3 Å². The minimum Gasteiger partial charge on any atom is -0.464 e. The summed E-state index contributed by atoms with van der Waals surface area (Å²) in [7, 11) is 0. The molecule has 0 spiro atoms. The number of hydrogen-bond donors (Lipinski definition) is 0. The Kier molecular flexibility index (Phi) is 2.63. The molecule has 1 saturated heterocycles. The average molecular weight is 227 g/mol. The van der Waals surface area contributed by atoms with E-state index in [1.165, 1.54) is 42.7 Å². The number of nitrogens with zero attached hydrogens (tertiary/aromatic N) is 1. The molecular weight excluding hydrogens is 210 g/mol. The lowest BCUT2D eigenvalue weighted by Crippen LogP contribution is -2.18. The molecule has 1 aliphatic rings. The fraction of sp³-hybridized carbons (Fsp3) is 0.333. The lowest BCUT2D eigenvalue weighted by atomic mass is 10.0. The van der Waals surface area contributed by atoms with Gasteiger partial charge in [0.25, 0.3) is 0 Å². The maximum Gasteiger partial charge on any atom is 0.134 e. The number of anilines is 1. The second kappa shape index (κ2) is 4.28. The van der Waals surface area contributed by atoms with Crippen LogP contribution in [0, 0.1) is 6.92 Å². The van der Waals surface area contributed by atoms with Crippen LogP contribution < -0.4 is 4.90 Å². The van der Waals surface area contributed by atoms with E-state index in [4.69, 9.17) is 4.42 Å². The molecule has 2 aromatic rings. The number of hydrogen-bond acceptors (Lipinski definition) is 2. The third-order valence-corrected chi connectivity index (χ3v) is 3.54. The first-order valence-corrected chi connectivity index (χ1v) is 6.25. The third kappa shape index (κ3) is 1.84. The van der Waals surface area contributed by atoms with Crippen molar-refractivity contribution in [3.8, 4) is 11.3 Å². The van der Waals surface area contributed by atoms with Crippen LogP contribution in [-0.4, -0.2) is 13.1 Å². The predicted octanol–water partition coefficient (Wildman–Crippen LogP) is 3.86. The van der Waals surface area contributed by atoms with Gasteiger partial charge in [0.2, 0.25) is 0 Å². The van der Waals surface area contributed by atoms with Gasteiger partial charge in [-0.15, -0.1) is 0 Å². The Labute approximate surface area is 102 Å². The van der Waals surface area contributed by atoms with E-state index in [1.54, 1.807) is 6.26 Å². The second-order valence-corrected chi connectivity index (χ2v) is 4.62. The number of benzene rings is 1. The molecule has 0 aliphatic carbocycles. The first-order chi connectivity index (χ1) is 8.36. The van der Waals surface area contributed by atoms with Gasteiger partial charge in [0.1, 0.15) is 5.76 Å². The Bertz CT molecular complexity index is 496. The largest absolute Gasteiger partial charge is 0.464 e. The molecule has 0 atom stereocenters. The van der Waals surface area contributed by atoms with Crippen LogP contribution in [0.1, 0.15) is 18.4 Å². The lowest BCUT2D eigenvalue weighted by Gasteiger charge is -2.21. The van der Waals surface area contributed by atoms with E-state index in [-0.39, 0.29) is 0 Å². The third-order valence-electron chi connectivity index (χ3n) is 3.54. The summed E-state index contributed by atoms with van der Waals surface area (Å²) in [6.07, 6.45) is 4.35. The fourth-order valence-corrected chi connectivity index (χ4v) is 2.62. The van der Waals surface area contributed by atoms with Gasteiger partial charge in [0.05, 0.1) is 6.26 Å². The molecule has 1 aliphatic heterocycles. The van der Waals surface area contributed by atoms with Gasteiger partial charge in [-0.1, -0.05) is 12.1 Å². The smallest absolute Gasteiger partial charge is 0.134 e. The molecule has 2 heterocycles. The molecule has 3 rings (SSSR count). The van der Waals surface area contributed by atoms with Crippen molar-refractivity contribution in [3.63, 3.8) is 0 Å². The average Bonchev–Trinajstić information content (AvgIpc) is 3.02. The topological polar surface area (TPSA) is 16.4 Å². The van der Waals surface area contributed by atoms with Gasteiger partial charge >= 0.3 is 0 Å². The van der Waals surface area contributed by atoms with E-state index >= 15 is 0 Å². The minimum absolute atomic E-state index is 0.962. The zero-order valence-electron chi connectivity index (χ0n) is 10.1. The molecule has 0 unspecified atom stereocenters. The summed E-state index contributed by atoms with van der Waals surface area (Å²) < 4.78 is 5.50. The Morgan fingerprint density at radius 1 is 1.06 bits per heavy atom. The first-order valence-electron chi connectivity index (χ1n) is 6.25. The summed E-state index contributed by atoms with van der Waals surface area (Å²) in [5, 5.41) is 0. The SMILES string of the molecule is Cc1c(-c2ccco2)cccc1N1CCCC1. The van der Waals surface area contributed by atoms with Gasteiger partial charge in [-0.3, -0.25) is 0 Å². The van der Waals surface area contributed by atoms with Gasteiger partial charge in [-0.25, -0.2) is 0 Å². The highest BCUT2D eigenvalue weighted by molar-refractivity contribution is 5.71. The highest BCUT2D eigenvalue weighted by Crippen LogP contribution is 2.32. The summed E-state index contributed by atoms with van der Waals surface area (Å²) >= 11 is 0. The van der Waals surface area contributed by atoms with Crippen molar-refractivity contribution in [3.05, 3.63) is 42.2 Å². The summed E-state index contributed by atoms with van der Waals surface area (Å²) in [5.41, 5.74) is 3.89.